The molecule has 0 radical (unpaired) electrons. The summed E-state index contributed by atoms with van der Waals surface area (Å²) in [6.45, 7) is 4.42. The maximum atomic E-state index is 12.3. The van der Waals surface area contributed by atoms with E-state index in [0.717, 1.165) is 38.7 Å². The van der Waals surface area contributed by atoms with Crippen LogP contribution in [0, 0.1) is 5.41 Å². The van der Waals surface area contributed by atoms with E-state index < -0.39 is 0 Å². The molecule has 1 unspecified atom stereocenters. The average Bonchev–Trinajstić information content (AvgIpc) is 3.05. The number of ketones is 2. The third-order valence-electron chi connectivity index (χ3n) is 8.07. The molecule has 0 saturated carbocycles. The largest absolute Gasteiger partial charge is 0.421 e. The molecule has 7 heteroatoms. The maximum absolute atomic E-state index is 12.3. The molecule has 5 nitrogen and oxygen atoms in total. The van der Waals surface area contributed by atoms with E-state index in [-0.39, 0.29) is 22.7 Å². The molecule has 0 aliphatic heterocycles. The first-order valence-corrected chi connectivity index (χ1v) is 15.5. The number of nitrogens with one attached hydrogen (secondary N) is 1. The van der Waals surface area contributed by atoms with Gasteiger partial charge in [0.2, 0.25) is 5.78 Å². The van der Waals surface area contributed by atoms with Gasteiger partial charge in [-0.05, 0) is 60.0 Å². The van der Waals surface area contributed by atoms with E-state index in [9.17, 15) is 9.59 Å². The lowest BCUT2D eigenvalue weighted by atomic mass is 9.74. The Balaban J connectivity index is 1.13. The van der Waals surface area contributed by atoms with Crippen molar-refractivity contribution in [3.05, 3.63) is 130 Å². The first-order valence-electron chi connectivity index (χ1n) is 14.0. The summed E-state index contributed by atoms with van der Waals surface area (Å²) < 4.78 is 12.1. The van der Waals surface area contributed by atoms with Crippen molar-refractivity contribution in [1.29, 1.82) is 5.41 Å². The molecule has 2 aliphatic carbocycles. The van der Waals surface area contributed by atoms with Crippen LogP contribution in [0.5, 0.6) is 11.5 Å². The highest BCUT2D eigenvalue weighted by atomic mass is 32.2. The van der Waals surface area contributed by atoms with Crippen LogP contribution in [0.3, 0.4) is 0 Å². The number of Topliss-reactive ketones (excluding diaryl/α,β-unsaturated/α-hetero) is 2. The Hall–Kier alpha value is -4.33. The van der Waals surface area contributed by atoms with Gasteiger partial charge in [-0.3, -0.25) is 15.0 Å². The van der Waals surface area contributed by atoms with Crippen LogP contribution in [0.2, 0.25) is 0 Å². The van der Waals surface area contributed by atoms with Crippen LogP contribution in [0.25, 0.3) is 12.2 Å². The van der Waals surface area contributed by atoms with E-state index in [2.05, 4.69) is 38.1 Å². The van der Waals surface area contributed by atoms with Crippen molar-refractivity contribution in [3.63, 3.8) is 0 Å². The Labute approximate surface area is 259 Å². The Bertz CT molecular complexity index is 1790. The van der Waals surface area contributed by atoms with Crippen molar-refractivity contribution in [2.45, 2.75) is 41.9 Å². The third-order valence-corrected chi connectivity index (χ3v) is 9.69. The predicted molar refractivity (Wildman–Crippen MR) is 175 cm³/mol. The van der Waals surface area contributed by atoms with Crippen LogP contribution in [-0.4, -0.2) is 17.3 Å². The average molecular weight is 604 g/mol. The fraction of sp³-hybridized carbons (Fsp3) is 0.139. The van der Waals surface area contributed by atoms with Crippen LogP contribution in [0.1, 0.15) is 69.7 Å². The zero-order valence-electron chi connectivity index (χ0n) is 23.8. The summed E-state index contributed by atoms with van der Waals surface area (Å²) in [5.74, 6) is 1.32. The molecular formula is C36H29NO4S2. The van der Waals surface area contributed by atoms with Crippen LogP contribution in [-0.2, 0) is 5.41 Å². The van der Waals surface area contributed by atoms with E-state index in [0.29, 0.717) is 17.7 Å². The molecule has 4 aromatic rings. The molecule has 0 aromatic heterocycles. The molecular weight excluding hydrogens is 575 g/mol. The van der Waals surface area contributed by atoms with Crippen LogP contribution >= 0.6 is 24.1 Å². The second-order valence-electron chi connectivity index (χ2n) is 10.6. The first kappa shape index (κ1) is 28.8. The summed E-state index contributed by atoms with van der Waals surface area (Å²) in [6.07, 6.45) is 8.57. The third kappa shape index (κ3) is 5.70. The van der Waals surface area contributed by atoms with Gasteiger partial charge in [0.15, 0.2) is 5.78 Å². The van der Waals surface area contributed by atoms with Crippen molar-refractivity contribution < 1.29 is 18.0 Å². The highest BCUT2D eigenvalue weighted by Gasteiger charge is 2.27. The summed E-state index contributed by atoms with van der Waals surface area (Å²) >= 11 is 2.48. The molecule has 1 atom stereocenters. The number of benzene rings is 4. The fourth-order valence-electron chi connectivity index (χ4n) is 5.32. The monoisotopic (exact) mass is 603 g/mol. The summed E-state index contributed by atoms with van der Waals surface area (Å²) in [5, 5.41) is 7.78. The number of fused-ring (bicyclic) bond motifs is 2. The minimum absolute atomic E-state index is 0.00650. The van der Waals surface area contributed by atoms with Gasteiger partial charge >= 0.3 is 0 Å². The van der Waals surface area contributed by atoms with Crippen molar-refractivity contribution in [2.24, 2.45) is 0 Å². The van der Waals surface area contributed by atoms with Crippen LogP contribution < -0.4 is 8.37 Å². The van der Waals surface area contributed by atoms with Gasteiger partial charge in [-0.1, -0.05) is 80.6 Å². The van der Waals surface area contributed by atoms with E-state index in [4.69, 9.17) is 13.8 Å². The smallest absolute Gasteiger partial charge is 0.211 e. The molecule has 0 spiro atoms. The fourth-order valence-corrected chi connectivity index (χ4v) is 6.72. The molecule has 43 heavy (non-hydrogen) atoms. The Kier molecular flexibility index (Phi) is 8.10. The lowest BCUT2D eigenvalue weighted by Gasteiger charge is -2.30. The Morgan fingerprint density at radius 3 is 1.81 bits per heavy atom. The van der Waals surface area contributed by atoms with Gasteiger partial charge in [0.1, 0.15) is 17.2 Å². The SMILES string of the molecule is CCC(C)(c1ccc(OSc2cccc3c2C=CCC3=O)cc1)c1ccc(OSc2cccc3c2C=CC(=N)C3=O)cc1. The van der Waals surface area contributed by atoms with Gasteiger partial charge < -0.3 is 8.37 Å². The highest BCUT2D eigenvalue weighted by molar-refractivity contribution is 7.95. The zero-order chi connectivity index (χ0) is 30.0. The Morgan fingerprint density at radius 1 is 0.721 bits per heavy atom. The predicted octanol–water partition coefficient (Wildman–Crippen LogP) is 9.40. The molecule has 1 N–H and O–H groups in total. The van der Waals surface area contributed by atoms with E-state index >= 15 is 0 Å². The van der Waals surface area contributed by atoms with E-state index in [1.807, 2.05) is 66.7 Å². The minimum Gasteiger partial charge on any atom is -0.421 e. The van der Waals surface area contributed by atoms with E-state index in [1.165, 1.54) is 41.3 Å². The van der Waals surface area contributed by atoms with E-state index in [1.54, 1.807) is 12.1 Å². The van der Waals surface area contributed by atoms with Gasteiger partial charge in [-0.2, -0.15) is 0 Å². The molecule has 0 heterocycles. The number of carbonyl (C=O) groups is 2. The van der Waals surface area contributed by atoms with Crippen LogP contribution in [0.4, 0.5) is 0 Å². The lowest BCUT2D eigenvalue weighted by molar-refractivity contribution is 0.0993. The molecule has 0 saturated heterocycles. The second kappa shape index (κ2) is 12.1. The quantitative estimate of drug-likeness (QED) is 0.192. The van der Waals surface area contributed by atoms with Crippen molar-refractivity contribution in [1.82, 2.24) is 0 Å². The number of allylic oxidation sites excluding steroid dienone is 2. The van der Waals surface area contributed by atoms with Gasteiger partial charge in [0.05, 0.1) is 33.9 Å². The van der Waals surface area contributed by atoms with Gasteiger partial charge in [-0.25, -0.2) is 0 Å². The minimum atomic E-state index is -0.272. The zero-order valence-corrected chi connectivity index (χ0v) is 25.4. The summed E-state index contributed by atoms with van der Waals surface area (Å²) in [7, 11) is 0. The van der Waals surface area contributed by atoms with Gasteiger partial charge in [0, 0.05) is 34.1 Å². The van der Waals surface area contributed by atoms with Gasteiger partial charge in [0.25, 0.3) is 0 Å². The number of carbonyl (C=O) groups excluding carboxylic acids is 2. The lowest BCUT2D eigenvalue weighted by Crippen LogP contribution is -2.22. The molecule has 4 aromatic carbocycles. The van der Waals surface area contributed by atoms with Crippen LogP contribution in [0.15, 0.2) is 107 Å². The molecule has 2 aliphatic rings. The molecule has 6 rings (SSSR count). The summed E-state index contributed by atoms with van der Waals surface area (Å²) in [6, 6.07) is 27.5. The van der Waals surface area contributed by atoms with Gasteiger partial charge in [-0.15, -0.1) is 0 Å². The normalized spacial score (nSPS) is 15.1. The summed E-state index contributed by atoms with van der Waals surface area (Å²) in [4.78, 5) is 26.3. The molecule has 0 bridgehead atoms. The standard InChI is InChI=1S/C36H29NO4S2/c1-3-36(2,23-13-17-25(18-14-23)40-42-33-11-5-7-27-28(33)8-4-10-32(27)38)24-15-19-26(20-16-24)41-43-34-12-6-9-30-29(34)21-22-31(37)35(30)39/h4-9,11-22,37H,3,10H2,1-2H3. The molecule has 214 valence electrons. The first-order chi connectivity index (χ1) is 20.9. The van der Waals surface area contributed by atoms with Crippen molar-refractivity contribution in [3.8, 4) is 11.5 Å². The summed E-state index contributed by atoms with van der Waals surface area (Å²) in [5.41, 5.74) is 5.10. The molecule has 0 fully saturated rings. The number of hydrogen-bond donors (Lipinski definition) is 1. The maximum Gasteiger partial charge on any atom is 0.211 e. The number of rotatable bonds is 9. The second-order valence-corrected chi connectivity index (χ2v) is 12.2. The topological polar surface area (TPSA) is 76.5 Å². The van der Waals surface area contributed by atoms with Crippen molar-refractivity contribution >= 4 is 53.5 Å². The van der Waals surface area contributed by atoms with Crippen molar-refractivity contribution in [2.75, 3.05) is 0 Å². The number of hydrogen-bond acceptors (Lipinski definition) is 7. The Morgan fingerprint density at radius 2 is 1.26 bits per heavy atom. The molecule has 0 amide bonds. The highest BCUT2D eigenvalue weighted by Crippen LogP contribution is 2.39.